The zero-order valence-corrected chi connectivity index (χ0v) is 6.62. The topological polar surface area (TPSA) is 29.5 Å². The van der Waals surface area contributed by atoms with Crippen LogP contribution in [0.2, 0.25) is 0 Å². The average Bonchev–Trinajstić information content (AvgIpc) is 2.54. The molecular weight excluding hydrogens is 141 g/mol. The molecule has 2 bridgehead atoms. The van der Waals surface area contributed by atoms with E-state index in [2.05, 4.69) is 0 Å². The molecule has 1 radical (unpaired) electrons. The highest BCUT2D eigenvalue weighted by Gasteiger charge is 2.44. The monoisotopic (exact) mass is 152 g/mol. The van der Waals surface area contributed by atoms with Crippen molar-refractivity contribution < 1.29 is 9.45 Å². The summed E-state index contributed by atoms with van der Waals surface area (Å²) in [7, 11) is 3.13. The van der Waals surface area contributed by atoms with Crippen LogP contribution in [0.3, 0.4) is 0 Å². The third-order valence-electron chi connectivity index (χ3n) is 2.62. The molecule has 1 heterocycles. The van der Waals surface area contributed by atoms with Crippen molar-refractivity contribution in [2.24, 2.45) is 5.92 Å². The first kappa shape index (κ1) is 7.16. The first-order valence-electron chi connectivity index (χ1n) is 4.01. The highest BCUT2D eigenvalue weighted by molar-refractivity contribution is 6.30. The van der Waals surface area contributed by atoms with E-state index in [-0.39, 0.29) is 5.91 Å². The third-order valence-corrected chi connectivity index (χ3v) is 2.62. The van der Waals surface area contributed by atoms with Crippen molar-refractivity contribution in [2.75, 3.05) is 7.11 Å². The summed E-state index contributed by atoms with van der Waals surface area (Å²) >= 11 is 0. The minimum Gasteiger partial charge on any atom is -0.422 e. The number of amides is 1. The Morgan fingerprint density at radius 3 is 3.00 bits per heavy atom. The molecule has 11 heavy (non-hydrogen) atoms. The zero-order chi connectivity index (χ0) is 7.84. The van der Waals surface area contributed by atoms with E-state index in [1.165, 1.54) is 0 Å². The molecular formula is C7H11BNO2. The second kappa shape index (κ2) is 2.52. The molecule has 2 unspecified atom stereocenters. The largest absolute Gasteiger partial charge is 0.441 e. The normalized spacial score (nSPS) is 35.0. The van der Waals surface area contributed by atoms with Crippen LogP contribution in [0.15, 0.2) is 0 Å². The molecule has 0 aromatic heterocycles. The van der Waals surface area contributed by atoms with Crippen LogP contribution in [0, 0.1) is 5.92 Å². The lowest BCUT2D eigenvalue weighted by atomic mass is 10.0. The van der Waals surface area contributed by atoms with Gasteiger partial charge >= 0.3 is 7.62 Å². The van der Waals surface area contributed by atoms with Crippen LogP contribution < -0.4 is 0 Å². The Morgan fingerprint density at radius 2 is 2.45 bits per heavy atom. The number of piperidine rings is 1. The molecule has 4 heteroatoms. The number of fused-ring (bicyclic) bond motifs is 2. The predicted octanol–water partition coefficient (Wildman–Crippen LogP) is 0.178. The van der Waals surface area contributed by atoms with Crippen LogP contribution in [-0.4, -0.2) is 31.5 Å². The van der Waals surface area contributed by atoms with Gasteiger partial charge in [0.1, 0.15) is 0 Å². The smallest absolute Gasteiger partial charge is 0.422 e. The number of hydrogen-bond donors (Lipinski definition) is 0. The Kier molecular flexibility index (Phi) is 1.64. The van der Waals surface area contributed by atoms with Crippen molar-refractivity contribution >= 4 is 13.5 Å². The van der Waals surface area contributed by atoms with E-state index in [1.807, 2.05) is 0 Å². The minimum atomic E-state index is 0.253. The van der Waals surface area contributed by atoms with Crippen LogP contribution in [-0.2, 0) is 9.45 Å². The van der Waals surface area contributed by atoms with Gasteiger partial charge in [-0.1, -0.05) is 0 Å². The Balaban J connectivity index is 2.05. The summed E-state index contributed by atoms with van der Waals surface area (Å²) < 4.78 is 4.83. The fraction of sp³-hybridized carbons (Fsp3) is 0.857. The highest BCUT2D eigenvalue weighted by Crippen LogP contribution is 2.37. The van der Waals surface area contributed by atoms with Crippen LogP contribution in [0.5, 0.6) is 0 Å². The van der Waals surface area contributed by atoms with Crippen molar-refractivity contribution in [3.8, 4) is 0 Å². The van der Waals surface area contributed by atoms with Crippen molar-refractivity contribution in [1.82, 2.24) is 4.81 Å². The number of carbonyl (C=O) groups excluding carboxylic acids is 1. The van der Waals surface area contributed by atoms with E-state index in [0.29, 0.717) is 12.0 Å². The summed E-state index contributed by atoms with van der Waals surface area (Å²) in [6.07, 6.45) is 3.27. The van der Waals surface area contributed by atoms with Gasteiger partial charge in [0, 0.05) is 19.1 Å². The SMILES string of the molecule is CO[B]N1C(=O)C2CCC1C2. The molecule has 0 aromatic rings. The van der Waals surface area contributed by atoms with Crippen molar-refractivity contribution in [1.29, 1.82) is 0 Å². The van der Waals surface area contributed by atoms with Gasteiger partial charge in [-0.3, -0.25) is 4.79 Å². The molecule has 0 spiro atoms. The number of carbonyl (C=O) groups is 1. The molecule has 1 saturated heterocycles. The quantitative estimate of drug-likeness (QED) is 0.528. The molecule has 2 rings (SSSR count). The summed E-state index contributed by atoms with van der Waals surface area (Å²) in [5.74, 6) is 0.550. The van der Waals surface area contributed by atoms with Gasteiger partial charge in [-0.25, -0.2) is 0 Å². The second-order valence-electron chi connectivity index (χ2n) is 3.25. The van der Waals surface area contributed by atoms with E-state index in [1.54, 1.807) is 19.5 Å². The summed E-state index contributed by atoms with van der Waals surface area (Å²) in [4.78, 5) is 13.1. The van der Waals surface area contributed by atoms with Gasteiger partial charge in [-0.2, -0.15) is 0 Å². The molecule has 1 saturated carbocycles. The van der Waals surface area contributed by atoms with E-state index >= 15 is 0 Å². The van der Waals surface area contributed by atoms with Crippen LogP contribution in [0.4, 0.5) is 0 Å². The van der Waals surface area contributed by atoms with Crippen LogP contribution >= 0.6 is 0 Å². The molecule has 0 N–H and O–H groups in total. The standard InChI is InChI=1S/C7H11BNO2/c1-11-8-9-6-3-2-5(4-6)7(9)10/h5-6H,2-4H2,1H3. The molecule has 2 atom stereocenters. The molecule has 2 fully saturated rings. The van der Waals surface area contributed by atoms with Gasteiger partial charge in [0.05, 0.1) is 0 Å². The van der Waals surface area contributed by atoms with Crippen molar-refractivity contribution in [3.05, 3.63) is 0 Å². The van der Waals surface area contributed by atoms with Crippen molar-refractivity contribution in [3.63, 3.8) is 0 Å². The number of rotatable bonds is 2. The highest BCUT2D eigenvalue weighted by atomic mass is 16.4. The molecule has 1 aliphatic heterocycles. The van der Waals surface area contributed by atoms with Crippen LogP contribution in [0.25, 0.3) is 0 Å². The summed E-state index contributed by atoms with van der Waals surface area (Å²) in [6, 6.07) is 0.437. The van der Waals surface area contributed by atoms with Gasteiger partial charge in [-0.05, 0) is 19.3 Å². The first-order valence-corrected chi connectivity index (χ1v) is 4.01. The molecule has 3 nitrogen and oxygen atoms in total. The lowest BCUT2D eigenvalue weighted by Crippen LogP contribution is -2.40. The Labute approximate surface area is 67.0 Å². The molecule has 59 valence electrons. The maximum Gasteiger partial charge on any atom is 0.441 e. The zero-order valence-electron chi connectivity index (χ0n) is 6.62. The number of hydrogen-bond acceptors (Lipinski definition) is 2. The van der Waals surface area contributed by atoms with E-state index < -0.39 is 0 Å². The summed E-state index contributed by atoms with van der Waals surface area (Å²) in [6.45, 7) is 0. The maximum absolute atomic E-state index is 11.4. The third kappa shape index (κ3) is 0.966. The maximum atomic E-state index is 11.4. The molecule has 2 aliphatic rings. The van der Waals surface area contributed by atoms with E-state index in [4.69, 9.17) is 4.65 Å². The lowest BCUT2D eigenvalue weighted by Gasteiger charge is -2.24. The average molecular weight is 152 g/mol. The molecule has 1 aliphatic carbocycles. The lowest BCUT2D eigenvalue weighted by molar-refractivity contribution is -0.129. The van der Waals surface area contributed by atoms with Crippen molar-refractivity contribution in [2.45, 2.75) is 25.3 Å². The first-order chi connectivity index (χ1) is 5.33. The summed E-state index contributed by atoms with van der Waals surface area (Å²) in [5, 5.41) is 0. The Hall–Kier alpha value is -0.505. The van der Waals surface area contributed by atoms with Crippen LogP contribution in [0.1, 0.15) is 19.3 Å². The fourth-order valence-corrected chi connectivity index (χ4v) is 2.08. The predicted molar refractivity (Wildman–Crippen MR) is 40.7 cm³/mol. The van der Waals surface area contributed by atoms with Gasteiger partial charge in [0.2, 0.25) is 5.91 Å². The van der Waals surface area contributed by atoms with E-state index in [0.717, 1.165) is 19.3 Å². The van der Waals surface area contributed by atoms with E-state index in [9.17, 15) is 4.79 Å². The van der Waals surface area contributed by atoms with Gasteiger partial charge < -0.3 is 9.47 Å². The van der Waals surface area contributed by atoms with Gasteiger partial charge in [-0.15, -0.1) is 0 Å². The van der Waals surface area contributed by atoms with Gasteiger partial charge in [0.15, 0.2) is 0 Å². The minimum absolute atomic E-state index is 0.253. The van der Waals surface area contributed by atoms with Gasteiger partial charge in [0.25, 0.3) is 0 Å². The Morgan fingerprint density at radius 1 is 1.64 bits per heavy atom. The second-order valence-corrected chi connectivity index (χ2v) is 3.25. The Bertz CT molecular complexity index is 185. The molecule has 0 aromatic carbocycles. The number of nitrogens with zero attached hydrogens (tertiary/aromatic N) is 1. The molecule has 1 amide bonds. The summed E-state index contributed by atoms with van der Waals surface area (Å²) in [5.41, 5.74) is 0. The fourth-order valence-electron chi connectivity index (χ4n) is 2.08.